The van der Waals surface area contributed by atoms with Crippen molar-refractivity contribution in [2.75, 3.05) is 12.8 Å². The van der Waals surface area contributed by atoms with Gasteiger partial charge in [0.05, 0.1) is 7.11 Å². The molecule has 0 heterocycles. The minimum absolute atomic E-state index is 0.786. The van der Waals surface area contributed by atoms with Gasteiger partial charge in [-0.15, -0.1) is 0 Å². The lowest BCUT2D eigenvalue weighted by Gasteiger charge is -2.06. The number of halogens is 1. The normalized spacial score (nSPS) is 10.2. The molecule has 0 saturated carbocycles. The SMILES string of the molecule is COc1ccc(Sc2cc(Br)ccc2N)cc1. The Hall–Kier alpha value is -1.13. The van der Waals surface area contributed by atoms with Crippen LogP contribution < -0.4 is 10.5 Å². The lowest BCUT2D eigenvalue weighted by molar-refractivity contribution is 0.414. The Bertz CT molecular complexity index is 513. The second-order valence-corrected chi connectivity index (χ2v) is 5.49. The third kappa shape index (κ3) is 3.17. The van der Waals surface area contributed by atoms with Crippen LogP contribution in [-0.4, -0.2) is 7.11 Å². The van der Waals surface area contributed by atoms with Gasteiger partial charge < -0.3 is 10.5 Å². The molecule has 0 bridgehead atoms. The molecule has 0 amide bonds. The number of hydrogen-bond donors (Lipinski definition) is 1. The van der Waals surface area contributed by atoms with Crippen molar-refractivity contribution in [2.45, 2.75) is 9.79 Å². The van der Waals surface area contributed by atoms with E-state index in [4.69, 9.17) is 10.5 Å². The number of benzene rings is 2. The number of hydrogen-bond acceptors (Lipinski definition) is 3. The minimum Gasteiger partial charge on any atom is -0.497 e. The molecule has 0 saturated heterocycles. The van der Waals surface area contributed by atoms with Gasteiger partial charge in [-0.1, -0.05) is 27.7 Å². The van der Waals surface area contributed by atoms with Crippen LogP contribution in [-0.2, 0) is 0 Å². The van der Waals surface area contributed by atoms with E-state index in [0.717, 1.165) is 25.7 Å². The predicted molar refractivity (Wildman–Crippen MR) is 75.7 cm³/mol. The van der Waals surface area contributed by atoms with Crippen LogP contribution in [0.3, 0.4) is 0 Å². The fourth-order valence-corrected chi connectivity index (χ4v) is 2.78. The summed E-state index contributed by atoms with van der Waals surface area (Å²) in [5.41, 5.74) is 6.71. The van der Waals surface area contributed by atoms with Crippen LogP contribution >= 0.6 is 27.7 Å². The fraction of sp³-hybridized carbons (Fsp3) is 0.0769. The Morgan fingerprint density at radius 2 is 1.82 bits per heavy atom. The molecule has 0 fully saturated rings. The molecule has 0 aliphatic carbocycles. The number of methoxy groups -OCH3 is 1. The van der Waals surface area contributed by atoms with E-state index in [1.165, 1.54) is 0 Å². The number of nitrogens with two attached hydrogens (primary N) is 1. The summed E-state index contributed by atoms with van der Waals surface area (Å²) in [6, 6.07) is 13.8. The van der Waals surface area contributed by atoms with E-state index in [2.05, 4.69) is 15.9 Å². The molecule has 2 rings (SSSR count). The summed E-state index contributed by atoms with van der Waals surface area (Å²) < 4.78 is 6.15. The van der Waals surface area contributed by atoms with Gasteiger partial charge in [-0.3, -0.25) is 0 Å². The summed E-state index contributed by atoms with van der Waals surface area (Å²) in [6.45, 7) is 0. The second-order valence-electron chi connectivity index (χ2n) is 3.46. The molecule has 0 aliphatic rings. The molecule has 0 aromatic heterocycles. The van der Waals surface area contributed by atoms with E-state index in [-0.39, 0.29) is 0 Å². The fourth-order valence-electron chi connectivity index (χ4n) is 1.37. The number of anilines is 1. The van der Waals surface area contributed by atoms with Gasteiger partial charge in [0, 0.05) is 20.0 Å². The van der Waals surface area contributed by atoms with Crippen LogP contribution in [0.4, 0.5) is 5.69 Å². The summed E-state index contributed by atoms with van der Waals surface area (Å²) in [5.74, 6) is 0.858. The summed E-state index contributed by atoms with van der Waals surface area (Å²) >= 11 is 5.08. The average molecular weight is 310 g/mol. The smallest absolute Gasteiger partial charge is 0.118 e. The van der Waals surface area contributed by atoms with Crippen molar-refractivity contribution in [3.8, 4) is 5.75 Å². The zero-order chi connectivity index (χ0) is 12.3. The van der Waals surface area contributed by atoms with Crippen LogP contribution in [0.25, 0.3) is 0 Å². The van der Waals surface area contributed by atoms with E-state index in [1.807, 2.05) is 42.5 Å². The topological polar surface area (TPSA) is 35.2 Å². The number of ether oxygens (including phenoxy) is 1. The first-order valence-electron chi connectivity index (χ1n) is 5.06. The predicted octanol–water partition coefficient (Wildman–Crippen LogP) is 4.19. The van der Waals surface area contributed by atoms with Gasteiger partial charge in [-0.25, -0.2) is 0 Å². The molecule has 0 unspecified atom stereocenters. The molecule has 2 aromatic rings. The zero-order valence-corrected chi connectivity index (χ0v) is 11.7. The molecule has 88 valence electrons. The first kappa shape index (κ1) is 12.3. The van der Waals surface area contributed by atoms with Gasteiger partial charge in [-0.05, 0) is 42.5 Å². The highest BCUT2D eigenvalue weighted by Crippen LogP contribution is 2.34. The van der Waals surface area contributed by atoms with Crippen LogP contribution in [0.15, 0.2) is 56.7 Å². The van der Waals surface area contributed by atoms with E-state index in [9.17, 15) is 0 Å². The molecule has 17 heavy (non-hydrogen) atoms. The third-order valence-corrected chi connectivity index (χ3v) is 3.84. The molecule has 0 atom stereocenters. The van der Waals surface area contributed by atoms with Crippen LogP contribution in [0, 0.1) is 0 Å². The molecule has 2 nitrogen and oxygen atoms in total. The second kappa shape index (κ2) is 5.47. The highest BCUT2D eigenvalue weighted by Gasteiger charge is 2.03. The molecule has 2 aromatic carbocycles. The molecule has 0 spiro atoms. The summed E-state index contributed by atoms with van der Waals surface area (Å²) in [6.07, 6.45) is 0. The van der Waals surface area contributed by atoms with Gasteiger partial charge in [-0.2, -0.15) is 0 Å². The van der Waals surface area contributed by atoms with Crippen LogP contribution in [0.5, 0.6) is 5.75 Å². The number of nitrogen functional groups attached to an aromatic ring is 1. The Kier molecular flexibility index (Phi) is 3.97. The summed E-state index contributed by atoms with van der Waals surface area (Å²) in [5, 5.41) is 0. The van der Waals surface area contributed by atoms with E-state index >= 15 is 0 Å². The van der Waals surface area contributed by atoms with Gasteiger partial charge >= 0.3 is 0 Å². The van der Waals surface area contributed by atoms with Crippen LogP contribution in [0.2, 0.25) is 0 Å². The standard InChI is InChI=1S/C13H12BrNOS/c1-16-10-3-5-11(6-4-10)17-13-8-9(14)2-7-12(13)15/h2-8H,15H2,1H3. The monoisotopic (exact) mass is 309 g/mol. The highest BCUT2D eigenvalue weighted by atomic mass is 79.9. The van der Waals surface area contributed by atoms with E-state index in [1.54, 1.807) is 18.9 Å². The Morgan fingerprint density at radius 3 is 2.47 bits per heavy atom. The Morgan fingerprint density at radius 1 is 1.12 bits per heavy atom. The van der Waals surface area contributed by atoms with Crippen LogP contribution in [0.1, 0.15) is 0 Å². The first-order valence-corrected chi connectivity index (χ1v) is 6.67. The summed E-state index contributed by atoms with van der Waals surface area (Å²) in [7, 11) is 1.66. The molecule has 0 aliphatic heterocycles. The molecule has 4 heteroatoms. The maximum absolute atomic E-state index is 5.93. The van der Waals surface area contributed by atoms with Gasteiger partial charge in [0.1, 0.15) is 5.75 Å². The van der Waals surface area contributed by atoms with Crippen molar-refractivity contribution in [1.29, 1.82) is 0 Å². The molecule has 0 radical (unpaired) electrons. The van der Waals surface area contributed by atoms with E-state index < -0.39 is 0 Å². The number of rotatable bonds is 3. The maximum Gasteiger partial charge on any atom is 0.118 e. The quantitative estimate of drug-likeness (QED) is 0.863. The molecular formula is C13H12BrNOS. The third-order valence-electron chi connectivity index (χ3n) is 2.26. The van der Waals surface area contributed by atoms with Crippen molar-refractivity contribution in [1.82, 2.24) is 0 Å². The summed E-state index contributed by atoms with van der Waals surface area (Å²) in [4.78, 5) is 2.18. The molecular weight excluding hydrogens is 298 g/mol. The average Bonchev–Trinajstić information content (AvgIpc) is 2.35. The molecule has 2 N–H and O–H groups in total. The van der Waals surface area contributed by atoms with Crippen molar-refractivity contribution in [3.63, 3.8) is 0 Å². The Balaban J connectivity index is 2.22. The first-order chi connectivity index (χ1) is 8.19. The van der Waals surface area contributed by atoms with Crippen molar-refractivity contribution in [2.24, 2.45) is 0 Å². The van der Waals surface area contributed by atoms with Gasteiger partial charge in [0.25, 0.3) is 0 Å². The lowest BCUT2D eigenvalue weighted by Crippen LogP contribution is -1.88. The maximum atomic E-state index is 5.93. The van der Waals surface area contributed by atoms with Gasteiger partial charge in [0.2, 0.25) is 0 Å². The highest BCUT2D eigenvalue weighted by molar-refractivity contribution is 9.10. The van der Waals surface area contributed by atoms with Crippen molar-refractivity contribution >= 4 is 33.4 Å². The van der Waals surface area contributed by atoms with E-state index in [0.29, 0.717) is 0 Å². The Labute approximate surface area is 113 Å². The zero-order valence-electron chi connectivity index (χ0n) is 9.31. The minimum atomic E-state index is 0.786. The largest absolute Gasteiger partial charge is 0.497 e. The van der Waals surface area contributed by atoms with Gasteiger partial charge in [0.15, 0.2) is 0 Å². The van der Waals surface area contributed by atoms with Crippen molar-refractivity contribution < 1.29 is 4.74 Å². The lowest BCUT2D eigenvalue weighted by atomic mass is 10.3. The van der Waals surface area contributed by atoms with Crippen molar-refractivity contribution in [3.05, 3.63) is 46.9 Å².